The molecule has 0 amide bonds. The number of Topliss-reactive ketones (excluding diaryl/α,β-unsaturated/α-hetero) is 1. The Labute approximate surface area is 184 Å². The summed E-state index contributed by atoms with van der Waals surface area (Å²) in [5.74, 6) is 3.18. The van der Waals surface area contributed by atoms with Gasteiger partial charge in [-0.15, -0.1) is 5.10 Å². The predicted octanol–water partition coefficient (Wildman–Crippen LogP) is 3.73. The first kappa shape index (κ1) is 20.0. The summed E-state index contributed by atoms with van der Waals surface area (Å²) >= 11 is 0. The number of hydrogen-bond acceptors (Lipinski definition) is 7. The molecule has 4 aromatic rings. The fraction of sp³-hybridized carbons (Fsp3) is 0.250. The average molecular weight is 430 g/mol. The van der Waals surface area contributed by atoms with E-state index in [2.05, 4.69) is 15.1 Å². The van der Waals surface area contributed by atoms with E-state index in [0.29, 0.717) is 41.5 Å². The highest BCUT2D eigenvalue weighted by molar-refractivity contribution is 5.98. The SMILES string of the molecule is COc1ccc(-c2nc3nc4c(cn3n2)C(=O)C[C@H](c2ccc(OC)cc2OC)C4)cc1. The third kappa shape index (κ3) is 3.43. The summed E-state index contributed by atoms with van der Waals surface area (Å²) < 4.78 is 17.6. The van der Waals surface area contributed by atoms with Crippen molar-refractivity contribution in [1.29, 1.82) is 0 Å². The summed E-state index contributed by atoms with van der Waals surface area (Å²) in [7, 11) is 4.86. The van der Waals surface area contributed by atoms with Crippen molar-refractivity contribution in [2.24, 2.45) is 0 Å². The van der Waals surface area contributed by atoms with Gasteiger partial charge in [0, 0.05) is 30.2 Å². The summed E-state index contributed by atoms with van der Waals surface area (Å²) in [5, 5.41) is 4.52. The molecule has 0 saturated carbocycles. The van der Waals surface area contributed by atoms with Gasteiger partial charge in [-0.3, -0.25) is 4.79 Å². The Morgan fingerprint density at radius 1 is 0.906 bits per heavy atom. The van der Waals surface area contributed by atoms with Crippen LogP contribution in [0.1, 0.15) is 34.0 Å². The van der Waals surface area contributed by atoms with Gasteiger partial charge < -0.3 is 14.2 Å². The van der Waals surface area contributed by atoms with Crippen molar-refractivity contribution in [2.45, 2.75) is 18.8 Å². The summed E-state index contributed by atoms with van der Waals surface area (Å²) in [6, 6.07) is 13.2. The van der Waals surface area contributed by atoms with E-state index in [1.807, 2.05) is 42.5 Å². The molecule has 2 aromatic carbocycles. The summed E-state index contributed by atoms with van der Waals surface area (Å²) in [4.78, 5) is 22.3. The van der Waals surface area contributed by atoms with E-state index in [1.165, 1.54) is 0 Å². The largest absolute Gasteiger partial charge is 0.497 e. The number of nitrogens with zero attached hydrogens (tertiary/aromatic N) is 4. The van der Waals surface area contributed by atoms with E-state index in [-0.39, 0.29) is 11.7 Å². The highest BCUT2D eigenvalue weighted by Gasteiger charge is 2.30. The van der Waals surface area contributed by atoms with Gasteiger partial charge in [0.25, 0.3) is 5.78 Å². The third-order valence-corrected chi connectivity index (χ3v) is 5.81. The maximum absolute atomic E-state index is 13.0. The van der Waals surface area contributed by atoms with Gasteiger partial charge in [-0.1, -0.05) is 6.07 Å². The molecule has 0 unspecified atom stereocenters. The molecule has 0 bridgehead atoms. The molecule has 0 N–H and O–H groups in total. The lowest BCUT2D eigenvalue weighted by Crippen LogP contribution is -2.21. The smallest absolute Gasteiger partial charge is 0.252 e. The van der Waals surface area contributed by atoms with Crippen LogP contribution < -0.4 is 14.2 Å². The van der Waals surface area contributed by atoms with Gasteiger partial charge in [0.05, 0.1) is 32.6 Å². The van der Waals surface area contributed by atoms with Crippen LogP contribution in [0.2, 0.25) is 0 Å². The van der Waals surface area contributed by atoms with Crippen molar-refractivity contribution >= 4 is 11.6 Å². The molecular formula is C24H22N4O4. The summed E-state index contributed by atoms with van der Waals surface area (Å²) in [5.41, 5.74) is 3.13. The molecule has 0 saturated heterocycles. The molecule has 0 aliphatic heterocycles. The standard InChI is InChI=1S/C24H22N4O4/c1-30-16-6-4-14(5-7-16)23-26-24-25-20-10-15(11-21(29)19(20)13-28(24)27-23)18-9-8-17(31-2)12-22(18)32-3/h4-9,12-13,15H,10-11H2,1-3H3/t15-/m1/s1. The first-order chi connectivity index (χ1) is 15.6. The van der Waals surface area contributed by atoms with Gasteiger partial charge in [0.15, 0.2) is 11.6 Å². The van der Waals surface area contributed by atoms with Crippen molar-refractivity contribution in [2.75, 3.05) is 21.3 Å². The molecule has 0 fully saturated rings. The monoisotopic (exact) mass is 430 g/mol. The van der Waals surface area contributed by atoms with Crippen LogP contribution in [-0.4, -0.2) is 46.7 Å². The molecule has 2 heterocycles. The number of ether oxygens (including phenoxy) is 3. The van der Waals surface area contributed by atoms with Crippen LogP contribution in [0.3, 0.4) is 0 Å². The van der Waals surface area contributed by atoms with Gasteiger partial charge in [-0.2, -0.15) is 4.98 Å². The Balaban J connectivity index is 1.51. The minimum atomic E-state index is -0.0326. The Bertz CT molecular complexity index is 1310. The molecular weight excluding hydrogens is 408 g/mol. The topological polar surface area (TPSA) is 87.8 Å². The van der Waals surface area contributed by atoms with E-state index in [9.17, 15) is 4.79 Å². The van der Waals surface area contributed by atoms with Crippen LogP contribution in [0.5, 0.6) is 17.2 Å². The molecule has 2 aromatic heterocycles. The van der Waals surface area contributed by atoms with Gasteiger partial charge in [-0.05, 0) is 42.3 Å². The van der Waals surface area contributed by atoms with E-state index < -0.39 is 0 Å². The second-order valence-corrected chi connectivity index (χ2v) is 7.65. The van der Waals surface area contributed by atoms with Crippen LogP contribution in [0.15, 0.2) is 48.7 Å². The lowest BCUT2D eigenvalue weighted by atomic mass is 9.82. The number of aromatic nitrogens is 4. The molecule has 1 aliphatic rings. The normalized spacial score (nSPS) is 15.5. The van der Waals surface area contributed by atoms with Gasteiger partial charge >= 0.3 is 0 Å². The zero-order valence-corrected chi connectivity index (χ0v) is 18.0. The highest BCUT2D eigenvalue weighted by atomic mass is 16.5. The van der Waals surface area contributed by atoms with Crippen LogP contribution >= 0.6 is 0 Å². The number of ketones is 1. The molecule has 8 nitrogen and oxygen atoms in total. The Kier molecular flexibility index (Phi) is 4.97. The first-order valence-electron chi connectivity index (χ1n) is 10.3. The predicted molar refractivity (Wildman–Crippen MR) is 118 cm³/mol. The second kappa shape index (κ2) is 7.96. The number of rotatable bonds is 5. The van der Waals surface area contributed by atoms with E-state index in [4.69, 9.17) is 14.2 Å². The lowest BCUT2D eigenvalue weighted by molar-refractivity contribution is 0.0962. The van der Waals surface area contributed by atoms with E-state index in [0.717, 1.165) is 22.6 Å². The van der Waals surface area contributed by atoms with Crippen molar-refractivity contribution in [1.82, 2.24) is 19.6 Å². The van der Waals surface area contributed by atoms with Crippen molar-refractivity contribution in [3.8, 4) is 28.6 Å². The van der Waals surface area contributed by atoms with E-state index >= 15 is 0 Å². The Morgan fingerprint density at radius 3 is 2.38 bits per heavy atom. The van der Waals surface area contributed by atoms with Crippen molar-refractivity contribution < 1.29 is 19.0 Å². The number of carbonyl (C=O) groups is 1. The summed E-state index contributed by atoms with van der Waals surface area (Å²) in [6.45, 7) is 0. The zero-order chi connectivity index (χ0) is 22.2. The fourth-order valence-electron chi connectivity index (χ4n) is 4.12. The Morgan fingerprint density at radius 2 is 1.66 bits per heavy atom. The Hall–Kier alpha value is -3.94. The number of benzene rings is 2. The van der Waals surface area contributed by atoms with E-state index in [1.54, 1.807) is 32.0 Å². The van der Waals surface area contributed by atoms with Crippen molar-refractivity contribution in [3.05, 3.63) is 65.5 Å². The highest BCUT2D eigenvalue weighted by Crippen LogP contribution is 2.38. The van der Waals surface area contributed by atoms with Crippen LogP contribution in [0.25, 0.3) is 17.2 Å². The van der Waals surface area contributed by atoms with Gasteiger partial charge in [-0.25, -0.2) is 9.50 Å². The van der Waals surface area contributed by atoms with Crippen LogP contribution in [-0.2, 0) is 6.42 Å². The molecule has 8 heteroatoms. The fourth-order valence-corrected chi connectivity index (χ4v) is 4.12. The third-order valence-electron chi connectivity index (χ3n) is 5.81. The molecule has 0 spiro atoms. The zero-order valence-electron chi connectivity index (χ0n) is 18.0. The van der Waals surface area contributed by atoms with Crippen molar-refractivity contribution in [3.63, 3.8) is 0 Å². The molecule has 1 atom stereocenters. The molecule has 1 aliphatic carbocycles. The molecule has 162 valence electrons. The average Bonchev–Trinajstić information content (AvgIpc) is 3.25. The number of carbonyl (C=O) groups excluding carboxylic acids is 1. The van der Waals surface area contributed by atoms with Gasteiger partial charge in [0.1, 0.15) is 17.2 Å². The molecule has 5 rings (SSSR count). The minimum Gasteiger partial charge on any atom is -0.497 e. The molecule has 32 heavy (non-hydrogen) atoms. The quantitative estimate of drug-likeness (QED) is 0.477. The van der Waals surface area contributed by atoms with Crippen LogP contribution in [0.4, 0.5) is 0 Å². The van der Waals surface area contributed by atoms with Gasteiger partial charge in [0.2, 0.25) is 0 Å². The number of methoxy groups -OCH3 is 3. The van der Waals surface area contributed by atoms with Crippen LogP contribution in [0, 0.1) is 0 Å². The molecule has 0 radical (unpaired) electrons. The lowest BCUT2D eigenvalue weighted by Gasteiger charge is -2.24. The first-order valence-corrected chi connectivity index (χ1v) is 10.3. The number of hydrogen-bond donors (Lipinski definition) is 0. The minimum absolute atomic E-state index is 0.0324. The summed E-state index contributed by atoms with van der Waals surface area (Å²) in [6.07, 6.45) is 2.73. The maximum Gasteiger partial charge on any atom is 0.252 e. The maximum atomic E-state index is 13.0. The number of fused-ring (bicyclic) bond motifs is 2. The second-order valence-electron chi connectivity index (χ2n) is 7.65.